The van der Waals surface area contributed by atoms with Crippen LogP contribution in [0.2, 0.25) is 0 Å². The third kappa shape index (κ3) is 7.04. The molecule has 1 aromatic carbocycles. The number of carbonyl (C=O) groups is 3. The second-order valence-electron chi connectivity index (χ2n) is 8.40. The van der Waals surface area contributed by atoms with E-state index in [2.05, 4.69) is 20.8 Å². The van der Waals surface area contributed by atoms with Gasteiger partial charge in [-0.15, -0.1) is 10.2 Å². The van der Waals surface area contributed by atoms with Crippen LogP contribution in [0.3, 0.4) is 0 Å². The summed E-state index contributed by atoms with van der Waals surface area (Å²) >= 11 is 1.25. The summed E-state index contributed by atoms with van der Waals surface area (Å²) in [7, 11) is 0. The van der Waals surface area contributed by atoms with E-state index in [4.69, 9.17) is 10.5 Å². The molecule has 2 heterocycles. The average molecular weight is 489 g/mol. The summed E-state index contributed by atoms with van der Waals surface area (Å²) in [6.07, 6.45) is 2.51. The Balaban J connectivity index is 1.59. The zero-order valence-electron chi connectivity index (χ0n) is 19.8. The number of rotatable bonds is 11. The third-order valence-electron chi connectivity index (χ3n) is 5.62. The minimum Gasteiger partial charge on any atom is -0.376 e. The van der Waals surface area contributed by atoms with Crippen LogP contribution in [0, 0.1) is 13.8 Å². The van der Waals surface area contributed by atoms with E-state index in [1.807, 2.05) is 36.6 Å². The second kappa shape index (κ2) is 12.0. The van der Waals surface area contributed by atoms with Crippen LogP contribution in [0.15, 0.2) is 23.4 Å². The highest BCUT2D eigenvalue weighted by atomic mass is 32.2. The predicted molar refractivity (Wildman–Crippen MR) is 129 cm³/mol. The first kappa shape index (κ1) is 25.7. The molecule has 2 unspecified atom stereocenters. The van der Waals surface area contributed by atoms with Crippen molar-refractivity contribution in [3.05, 3.63) is 35.2 Å². The monoisotopic (exact) mass is 488 g/mol. The molecule has 3 amide bonds. The number of nitrogens with one attached hydrogen (secondary N) is 2. The van der Waals surface area contributed by atoms with Crippen LogP contribution in [-0.4, -0.2) is 57.0 Å². The summed E-state index contributed by atoms with van der Waals surface area (Å²) in [4.78, 5) is 36.3. The zero-order chi connectivity index (χ0) is 24.7. The number of carbonyl (C=O) groups excluding carboxylic acids is 3. The summed E-state index contributed by atoms with van der Waals surface area (Å²) in [5.74, 6) is -0.351. The fourth-order valence-corrected chi connectivity index (χ4v) is 4.62. The number of thioether (sulfide) groups is 1. The quantitative estimate of drug-likeness (QED) is 0.409. The number of benzene rings is 1. The maximum absolute atomic E-state index is 12.7. The maximum atomic E-state index is 12.7. The van der Waals surface area contributed by atoms with Crippen molar-refractivity contribution in [1.29, 1.82) is 0 Å². The summed E-state index contributed by atoms with van der Waals surface area (Å²) in [6, 6.07) is 5.77. The van der Waals surface area contributed by atoms with Gasteiger partial charge >= 0.3 is 0 Å². The fraction of sp³-hybridized carbons (Fsp3) is 0.522. The van der Waals surface area contributed by atoms with E-state index in [9.17, 15) is 14.4 Å². The molecule has 1 fully saturated rings. The Morgan fingerprint density at radius 1 is 1.26 bits per heavy atom. The number of para-hydroxylation sites is 1. The molecule has 184 valence electrons. The lowest BCUT2D eigenvalue weighted by Crippen LogP contribution is -2.37. The SMILES string of the molecule is Cc1cccc(C)c1NC(=O)CNC(=O)C(C)Sc1nnc(CCC(N)=O)n1CC1CCCO1. The number of aromatic nitrogens is 3. The minimum atomic E-state index is -0.510. The van der Waals surface area contributed by atoms with Gasteiger partial charge in [-0.2, -0.15) is 0 Å². The van der Waals surface area contributed by atoms with E-state index in [-0.39, 0.29) is 30.9 Å². The predicted octanol–water partition coefficient (Wildman–Crippen LogP) is 1.73. The molecule has 3 rings (SSSR count). The fourth-order valence-electron chi connectivity index (χ4n) is 3.72. The van der Waals surface area contributed by atoms with Crippen LogP contribution in [0.5, 0.6) is 0 Å². The first-order valence-electron chi connectivity index (χ1n) is 11.4. The molecule has 0 radical (unpaired) electrons. The lowest BCUT2D eigenvalue weighted by molar-refractivity contribution is -0.123. The van der Waals surface area contributed by atoms with Gasteiger partial charge in [0.05, 0.1) is 24.4 Å². The van der Waals surface area contributed by atoms with Gasteiger partial charge in [-0.25, -0.2) is 0 Å². The van der Waals surface area contributed by atoms with Crippen molar-refractivity contribution in [2.45, 2.75) is 69.5 Å². The smallest absolute Gasteiger partial charge is 0.243 e. The molecule has 11 heteroatoms. The Kier molecular flexibility index (Phi) is 9.05. The van der Waals surface area contributed by atoms with Gasteiger partial charge in [0.2, 0.25) is 17.7 Å². The van der Waals surface area contributed by atoms with Crippen molar-refractivity contribution in [2.75, 3.05) is 18.5 Å². The number of amides is 3. The van der Waals surface area contributed by atoms with E-state index >= 15 is 0 Å². The van der Waals surface area contributed by atoms with Crippen LogP contribution in [-0.2, 0) is 32.1 Å². The largest absolute Gasteiger partial charge is 0.376 e. The highest BCUT2D eigenvalue weighted by Gasteiger charge is 2.24. The summed E-state index contributed by atoms with van der Waals surface area (Å²) in [6.45, 7) is 6.72. The number of hydrogen-bond donors (Lipinski definition) is 3. The number of nitrogens with two attached hydrogens (primary N) is 1. The molecule has 2 aromatic rings. The van der Waals surface area contributed by atoms with Crippen molar-refractivity contribution in [1.82, 2.24) is 20.1 Å². The molecule has 4 N–H and O–H groups in total. The van der Waals surface area contributed by atoms with Crippen molar-refractivity contribution in [2.24, 2.45) is 5.73 Å². The molecule has 1 aliphatic heterocycles. The molecule has 1 saturated heterocycles. The third-order valence-corrected chi connectivity index (χ3v) is 6.70. The van der Waals surface area contributed by atoms with Gasteiger partial charge in [0.25, 0.3) is 0 Å². The van der Waals surface area contributed by atoms with Crippen LogP contribution >= 0.6 is 11.8 Å². The maximum Gasteiger partial charge on any atom is 0.243 e. The number of anilines is 1. The Hall–Kier alpha value is -2.92. The first-order valence-corrected chi connectivity index (χ1v) is 12.2. The van der Waals surface area contributed by atoms with Crippen molar-refractivity contribution < 1.29 is 19.1 Å². The van der Waals surface area contributed by atoms with Gasteiger partial charge < -0.3 is 25.7 Å². The molecule has 1 aromatic heterocycles. The van der Waals surface area contributed by atoms with E-state index < -0.39 is 11.2 Å². The molecule has 0 spiro atoms. The lowest BCUT2D eigenvalue weighted by Gasteiger charge is -2.16. The molecule has 1 aliphatic rings. The van der Waals surface area contributed by atoms with E-state index in [1.54, 1.807) is 6.92 Å². The Morgan fingerprint density at radius 3 is 2.65 bits per heavy atom. The number of ether oxygens (including phenoxy) is 1. The van der Waals surface area contributed by atoms with Gasteiger partial charge in [-0.3, -0.25) is 14.4 Å². The highest BCUT2D eigenvalue weighted by molar-refractivity contribution is 8.00. The number of nitrogens with zero attached hydrogens (tertiary/aromatic N) is 3. The standard InChI is InChI=1S/C23H32N6O4S/c1-14-6-4-7-15(2)21(14)26-20(31)12-25-22(32)16(3)34-23-28-27-19(10-9-18(24)30)29(23)13-17-8-5-11-33-17/h4,6-7,16-17H,5,8-13H2,1-3H3,(H2,24,30)(H,25,32)(H,26,31). The summed E-state index contributed by atoms with van der Waals surface area (Å²) < 4.78 is 7.65. The Bertz CT molecular complexity index is 1010. The Labute approximate surface area is 203 Å². The topological polar surface area (TPSA) is 141 Å². The van der Waals surface area contributed by atoms with Gasteiger partial charge in [0.15, 0.2) is 5.16 Å². The van der Waals surface area contributed by atoms with Crippen LogP contribution < -0.4 is 16.4 Å². The molecular weight excluding hydrogens is 456 g/mol. The van der Waals surface area contributed by atoms with Crippen molar-refractivity contribution >= 4 is 35.2 Å². The van der Waals surface area contributed by atoms with Crippen LogP contribution in [0.25, 0.3) is 0 Å². The van der Waals surface area contributed by atoms with Crippen molar-refractivity contribution in [3.63, 3.8) is 0 Å². The van der Waals surface area contributed by atoms with Crippen LogP contribution in [0.1, 0.15) is 43.1 Å². The van der Waals surface area contributed by atoms with E-state index in [0.29, 0.717) is 23.9 Å². The lowest BCUT2D eigenvalue weighted by atomic mass is 10.1. The molecular formula is C23H32N6O4S. The highest BCUT2D eigenvalue weighted by Crippen LogP contribution is 2.25. The summed E-state index contributed by atoms with van der Waals surface area (Å²) in [5, 5.41) is 14.1. The first-order chi connectivity index (χ1) is 16.2. The van der Waals surface area contributed by atoms with E-state index in [0.717, 1.165) is 36.3 Å². The average Bonchev–Trinajstić information content (AvgIpc) is 3.44. The van der Waals surface area contributed by atoms with Gasteiger partial charge in [-0.1, -0.05) is 30.0 Å². The summed E-state index contributed by atoms with van der Waals surface area (Å²) in [5.41, 5.74) is 7.97. The molecule has 0 aliphatic carbocycles. The molecule has 34 heavy (non-hydrogen) atoms. The zero-order valence-corrected chi connectivity index (χ0v) is 20.6. The number of hydrogen-bond acceptors (Lipinski definition) is 7. The number of aryl methyl sites for hydroxylation is 3. The van der Waals surface area contributed by atoms with Gasteiger partial charge in [0.1, 0.15) is 5.82 Å². The van der Waals surface area contributed by atoms with Gasteiger partial charge in [-0.05, 0) is 44.7 Å². The second-order valence-corrected chi connectivity index (χ2v) is 9.71. The van der Waals surface area contributed by atoms with Crippen LogP contribution in [0.4, 0.5) is 5.69 Å². The van der Waals surface area contributed by atoms with E-state index in [1.165, 1.54) is 11.8 Å². The number of primary amides is 1. The van der Waals surface area contributed by atoms with Gasteiger partial charge in [0, 0.05) is 25.1 Å². The molecule has 2 atom stereocenters. The minimum absolute atomic E-state index is 0.0420. The molecule has 0 saturated carbocycles. The Morgan fingerprint density at radius 2 is 2.00 bits per heavy atom. The molecule has 0 bridgehead atoms. The molecule has 10 nitrogen and oxygen atoms in total. The van der Waals surface area contributed by atoms with Crippen molar-refractivity contribution in [3.8, 4) is 0 Å². The normalized spacial score (nSPS) is 16.3.